The van der Waals surface area contributed by atoms with Crippen LogP contribution in [0.1, 0.15) is 0 Å². The van der Waals surface area contributed by atoms with E-state index < -0.39 is 5.82 Å². The Morgan fingerprint density at radius 2 is 2.20 bits per heavy atom. The van der Waals surface area contributed by atoms with Crippen molar-refractivity contribution in [2.75, 3.05) is 7.11 Å². The lowest BCUT2D eigenvalue weighted by molar-refractivity contribution is 0.134. The first-order valence-electron chi connectivity index (χ1n) is 4.50. The number of aromatic nitrogens is 1. The Morgan fingerprint density at radius 1 is 1.40 bits per heavy atom. The standard InChI is InChI=1S/C11H10FNO2/c1-15-7-13-5-4-11(14)9-6-8(12)2-3-10(9)13/h2-6H,7H2,1H3. The lowest BCUT2D eigenvalue weighted by Gasteiger charge is -2.08. The molecule has 0 atom stereocenters. The van der Waals surface area contributed by atoms with E-state index in [1.807, 2.05) is 0 Å². The number of halogens is 1. The van der Waals surface area contributed by atoms with Crippen molar-refractivity contribution >= 4 is 10.9 Å². The van der Waals surface area contributed by atoms with Crippen LogP contribution in [0.3, 0.4) is 0 Å². The summed E-state index contributed by atoms with van der Waals surface area (Å²) in [7, 11) is 1.56. The number of benzene rings is 1. The monoisotopic (exact) mass is 207 g/mol. The van der Waals surface area contributed by atoms with Crippen LogP contribution in [0.25, 0.3) is 10.9 Å². The topological polar surface area (TPSA) is 31.2 Å². The van der Waals surface area contributed by atoms with Crippen LogP contribution in [0.4, 0.5) is 4.39 Å². The minimum Gasteiger partial charge on any atom is -0.364 e. The van der Waals surface area contributed by atoms with E-state index in [2.05, 4.69) is 0 Å². The Balaban J connectivity index is 2.76. The van der Waals surface area contributed by atoms with Gasteiger partial charge in [0.1, 0.15) is 12.5 Å². The molecule has 0 fully saturated rings. The molecule has 0 radical (unpaired) electrons. The van der Waals surface area contributed by atoms with Gasteiger partial charge in [-0.2, -0.15) is 0 Å². The van der Waals surface area contributed by atoms with E-state index in [4.69, 9.17) is 4.74 Å². The summed E-state index contributed by atoms with van der Waals surface area (Å²) in [6.07, 6.45) is 1.63. The number of nitrogens with zero attached hydrogens (tertiary/aromatic N) is 1. The molecule has 2 rings (SSSR count). The van der Waals surface area contributed by atoms with Gasteiger partial charge in [0.15, 0.2) is 5.43 Å². The predicted molar refractivity (Wildman–Crippen MR) is 55.2 cm³/mol. The molecule has 15 heavy (non-hydrogen) atoms. The minimum atomic E-state index is -0.408. The quantitative estimate of drug-likeness (QED) is 0.751. The second kappa shape index (κ2) is 3.82. The summed E-state index contributed by atoms with van der Waals surface area (Å²) in [5.74, 6) is -0.408. The largest absolute Gasteiger partial charge is 0.364 e. The molecule has 4 heteroatoms. The van der Waals surface area contributed by atoms with Crippen molar-refractivity contribution < 1.29 is 9.13 Å². The predicted octanol–water partition coefficient (Wildman–Crippen LogP) is 1.74. The van der Waals surface area contributed by atoms with E-state index in [1.54, 1.807) is 23.9 Å². The van der Waals surface area contributed by atoms with Crippen LogP contribution >= 0.6 is 0 Å². The smallest absolute Gasteiger partial charge is 0.189 e. The zero-order valence-corrected chi connectivity index (χ0v) is 8.24. The van der Waals surface area contributed by atoms with E-state index in [9.17, 15) is 9.18 Å². The van der Waals surface area contributed by atoms with Crippen molar-refractivity contribution in [3.8, 4) is 0 Å². The molecule has 0 saturated heterocycles. The van der Waals surface area contributed by atoms with Crippen LogP contribution in [-0.2, 0) is 11.5 Å². The van der Waals surface area contributed by atoms with Gasteiger partial charge in [0.05, 0.1) is 5.52 Å². The molecule has 0 aliphatic heterocycles. The second-order valence-electron chi connectivity index (χ2n) is 3.23. The van der Waals surface area contributed by atoms with Gasteiger partial charge in [-0.25, -0.2) is 4.39 Å². The van der Waals surface area contributed by atoms with Crippen molar-refractivity contribution in [3.63, 3.8) is 0 Å². The van der Waals surface area contributed by atoms with Crippen LogP contribution in [0.2, 0.25) is 0 Å². The number of rotatable bonds is 2. The van der Waals surface area contributed by atoms with Gasteiger partial charge in [0.2, 0.25) is 0 Å². The average molecular weight is 207 g/mol. The molecule has 0 aliphatic carbocycles. The molecule has 2 aromatic rings. The highest BCUT2D eigenvalue weighted by molar-refractivity contribution is 5.78. The van der Waals surface area contributed by atoms with Gasteiger partial charge in [-0.15, -0.1) is 0 Å². The maximum absolute atomic E-state index is 13.0. The van der Waals surface area contributed by atoms with Crippen LogP contribution in [0.15, 0.2) is 35.3 Å². The van der Waals surface area contributed by atoms with Crippen molar-refractivity contribution in [1.29, 1.82) is 0 Å². The third kappa shape index (κ3) is 1.76. The van der Waals surface area contributed by atoms with Crippen molar-refractivity contribution in [2.24, 2.45) is 0 Å². The van der Waals surface area contributed by atoms with Gasteiger partial charge >= 0.3 is 0 Å². The Kier molecular flexibility index (Phi) is 2.51. The van der Waals surface area contributed by atoms with Gasteiger partial charge in [-0.1, -0.05) is 0 Å². The molecule has 1 aromatic carbocycles. The summed E-state index contributed by atoms with van der Waals surface area (Å²) >= 11 is 0. The fourth-order valence-corrected chi connectivity index (χ4v) is 1.54. The van der Waals surface area contributed by atoms with E-state index in [-0.39, 0.29) is 5.43 Å². The zero-order chi connectivity index (χ0) is 10.8. The molecule has 78 valence electrons. The van der Waals surface area contributed by atoms with Crippen LogP contribution < -0.4 is 5.43 Å². The molecule has 1 aromatic heterocycles. The molecule has 3 nitrogen and oxygen atoms in total. The molecule has 0 amide bonds. The third-order valence-corrected chi connectivity index (χ3v) is 2.21. The number of pyridine rings is 1. The lowest BCUT2D eigenvalue weighted by atomic mass is 10.2. The van der Waals surface area contributed by atoms with E-state index in [0.717, 1.165) is 0 Å². The SMILES string of the molecule is COCn1ccc(=O)c2cc(F)ccc21. The van der Waals surface area contributed by atoms with E-state index in [0.29, 0.717) is 17.6 Å². The summed E-state index contributed by atoms with van der Waals surface area (Å²) in [5, 5.41) is 0.370. The minimum absolute atomic E-state index is 0.183. The molecule has 0 unspecified atom stereocenters. The second-order valence-corrected chi connectivity index (χ2v) is 3.23. The first-order chi connectivity index (χ1) is 7.22. The number of ether oxygens (including phenoxy) is 1. The summed E-state index contributed by atoms with van der Waals surface area (Å²) in [4.78, 5) is 11.5. The van der Waals surface area contributed by atoms with Gasteiger partial charge in [-0.05, 0) is 18.2 Å². The van der Waals surface area contributed by atoms with E-state index in [1.165, 1.54) is 18.2 Å². The van der Waals surface area contributed by atoms with Crippen LogP contribution in [-0.4, -0.2) is 11.7 Å². The summed E-state index contributed by atoms with van der Waals surface area (Å²) < 4.78 is 19.7. The molecule has 0 saturated carbocycles. The Labute approximate surface area is 85.7 Å². The van der Waals surface area contributed by atoms with Crippen LogP contribution in [0, 0.1) is 5.82 Å². The molecule has 0 aliphatic rings. The van der Waals surface area contributed by atoms with Crippen molar-refractivity contribution in [1.82, 2.24) is 4.57 Å². The molecule has 0 bridgehead atoms. The fraction of sp³-hybridized carbons (Fsp3) is 0.182. The Bertz CT molecular complexity index is 548. The number of hydrogen-bond acceptors (Lipinski definition) is 2. The first kappa shape index (κ1) is 9.86. The molecular weight excluding hydrogens is 197 g/mol. The maximum Gasteiger partial charge on any atom is 0.189 e. The highest BCUT2D eigenvalue weighted by Crippen LogP contribution is 2.11. The van der Waals surface area contributed by atoms with Crippen LogP contribution in [0.5, 0.6) is 0 Å². The van der Waals surface area contributed by atoms with Gasteiger partial charge in [-0.3, -0.25) is 4.79 Å². The average Bonchev–Trinajstić information content (AvgIpc) is 2.23. The molecule has 0 N–H and O–H groups in total. The van der Waals surface area contributed by atoms with E-state index >= 15 is 0 Å². The molecule has 1 heterocycles. The Hall–Kier alpha value is -1.68. The maximum atomic E-state index is 13.0. The molecular formula is C11H10FNO2. The summed E-state index contributed by atoms with van der Waals surface area (Å²) in [5.41, 5.74) is 0.489. The highest BCUT2D eigenvalue weighted by Gasteiger charge is 2.03. The fourth-order valence-electron chi connectivity index (χ4n) is 1.54. The van der Waals surface area contributed by atoms with Gasteiger partial charge < -0.3 is 9.30 Å². The van der Waals surface area contributed by atoms with Crippen molar-refractivity contribution in [2.45, 2.75) is 6.73 Å². The summed E-state index contributed by atoms with van der Waals surface area (Å²) in [6.45, 7) is 0.336. The molecule has 0 spiro atoms. The number of fused-ring (bicyclic) bond motifs is 1. The third-order valence-electron chi connectivity index (χ3n) is 2.21. The lowest BCUT2D eigenvalue weighted by Crippen LogP contribution is -2.09. The Morgan fingerprint density at radius 3 is 2.93 bits per heavy atom. The van der Waals surface area contributed by atoms with Gasteiger partial charge in [0.25, 0.3) is 0 Å². The summed E-state index contributed by atoms with van der Waals surface area (Å²) in [6, 6.07) is 5.55. The normalized spacial score (nSPS) is 10.8. The number of methoxy groups -OCH3 is 1. The first-order valence-corrected chi connectivity index (χ1v) is 4.50. The van der Waals surface area contributed by atoms with Crippen molar-refractivity contribution in [3.05, 3.63) is 46.5 Å². The number of hydrogen-bond donors (Lipinski definition) is 0. The zero-order valence-electron chi connectivity index (χ0n) is 8.24. The highest BCUT2D eigenvalue weighted by atomic mass is 19.1. The van der Waals surface area contributed by atoms with Gasteiger partial charge in [0, 0.05) is 24.8 Å².